The van der Waals surface area contributed by atoms with Gasteiger partial charge in [-0.05, 0) is 30.9 Å². The lowest BCUT2D eigenvalue weighted by Crippen LogP contribution is -2.27. The quantitative estimate of drug-likeness (QED) is 0.785. The van der Waals surface area contributed by atoms with E-state index in [9.17, 15) is 4.79 Å². The number of rotatable bonds is 6. The van der Waals surface area contributed by atoms with Crippen LogP contribution in [0.3, 0.4) is 0 Å². The molecule has 0 aromatic heterocycles. The highest BCUT2D eigenvalue weighted by atomic mass is 16.5. The van der Waals surface area contributed by atoms with Crippen molar-refractivity contribution in [3.05, 3.63) is 29.8 Å². The second-order valence-electron chi connectivity index (χ2n) is 5.51. The first kappa shape index (κ1) is 14.9. The zero-order valence-corrected chi connectivity index (χ0v) is 12.1. The molecular weight excluding hydrogens is 252 g/mol. The second-order valence-corrected chi connectivity index (χ2v) is 5.51. The second kappa shape index (κ2) is 7.29. The molecular formula is C16H24N2O2. The molecule has 2 atom stereocenters. The molecule has 0 saturated heterocycles. The first-order valence-corrected chi connectivity index (χ1v) is 7.43. The minimum absolute atomic E-state index is 0.386. The van der Waals surface area contributed by atoms with Gasteiger partial charge in [0, 0.05) is 12.2 Å². The number of amides is 1. The molecule has 1 aromatic carbocycles. The van der Waals surface area contributed by atoms with Crippen LogP contribution in [0.15, 0.2) is 24.3 Å². The Morgan fingerprint density at radius 3 is 2.85 bits per heavy atom. The number of para-hydroxylation sites is 1. The fraction of sp³-hybridized carbons (Fsp3) is 0.562. The highest BCUT2D eigenvalue weighted by Gasteiger charge is 2.21. The standard InChI is InChI=1S/C16H24N2O2/c1-12-6-2-5-9-15(12)20-11-10-18-14-8-4-3-7-13(14)16(17)19/h3-4,7-8,12,15,18H,2,5-6,9-11H2,1H3,(H2,17,19). The van der Waals surface area contributed by atoms with Gasteiger partial charge in [-0.25, -0.2) is 0 Å². The van der Waals surface area contributed by atoms with Crippen LogP contribution in [-0.2, 0) is 4.74 Å². The maximum atomic E-state index is 11.3. The summed E-state index contributed by atoms with van der Waals surface area (Å²) in [6, 6.07) is 7.29. The monoisotopic (exact) mass is 276 g/mol. The summed E-state index contributed by atoms with van der Waals surface area (Å²) in [5.74, 6) is 0.247. The largest absolute Gasteiger partial charge is 0.382 e. The van der Waals surface area contributed by atoms with Crippen LogP contribution in [0.4, 0.5) is 5.69 Å². The van der Waals surface area contributed by atoms with Crippen molar-refractivity contribution in [1.82, 2.24) is 0 Å². The predicted octanol–water partition coefficient (Wildman–Crippen LogP) is 2.79. The molecule has 0 heterocycles. The fourth-order valence-corrected chi connectivity index (χ4v) is 2.78. The van der Waals surface area contributed by atoms with Crippen molar-refractivity contribution in [2.24, 2.45) is 11.7 Å². The minimum Gasteiger partial charge on any atom is -0.382 e. The summed E-state index contributed by atoms with van der Waals surface area (Å²) in [6.45, 7) is 3.61. The Kier molecular flexibility index (Phi) is 5.41. The zero-order chi connectivity index (χ0) is 14.4. The number of carbonyl (C=O) groups is 1. The molecule has 1 saturated carbocycles. The number of carbonyl (C=O) groups excluding carboxylic acids is 1. The van der Waals surface area contributed by atoms with Crippen LogP contribution in [-0.4, -0.2) is 25.2 Å². The summed E-state index contributed by atoms with van der Waals surface area (Å²) in [5.41, 5.74) is 6.65. The van der Waals surface area contributed by atoms with Crippen LogP contribution < -0.4 is 11.1 Å². The number of primary amides is 1. The van der Waals surface area contributed by atoms with Crippen LogP contribution in [0.5, 0.6) is 0 Å². The molecule has 1 amide bonds. The van der Waals surface area contributed by atoms with Gasteiger partial charge in [0.2, 0.25) is 0 Å². The normalized spacial score (nSPS) is 22.4. The highest BCUT2D eigenvalue weighted by molar-refractivity contribution is 5.98. The van der Waals surface area contributed by atoms with Crippen LogP contribution >= 0.6 is 0 Å². The Balaban J connectivity index is 1.77. The van der Waals surface area contributed by atoms with Gasteiger partial charge >= 0.3 is 0 Å². The molecule has 20 heavy (non-hydrogen) atoms. The zero-order valence-electron chi connectivity index (χ0n) is 12.1. The van der Waals surface area contributed by atoms with Gasteiger partial charge in [0.25, 0.3) is 5.91 Å². The van der Waals surface area contributed by atoms with E-state index >= 15 is 0 Å². The van der Waals surface area contributed by atoms with E-state index in [2.05, 4.69) is 12.2 Å². The number of anilines is 1. The summed E-state index contributed by atoms with van der Waals surface area (Å²) in [5, 5.41) is 3.22. The van der Waals surface area contributed by atoms with Crippen molar-refractivity contribution in [1.29, 1.82) is 0 Å². The van der Waals surface area contributed by atoms with E-state index in [1.54, 1.807) is 6.07 Å². The Hall–Kier alpha value is -1.55. The molecule has 4 nitrogen and oxygen atoms in total. The van der Waals surface area contributed by atoms with Gasteiger partial charge in [-0.15, -0.1) is 0 Å². The summed E-state index contributed by atoms with van der Waals surface area (Å²) in [7, 11) is 0. The van der Waals surface area contributed by atoms with Gasteiger partial charge in [-0.2, -0.15) is 0 Å². The molecule has 3 N–H and O–H groups in total. The number of hydrogen-bond donors (Lipinski definition) is 2. The maximum absolute atomic E-state index is 11.3. The molecule has 1 aromatic rings. The van der Waals surface area contributed by atoms with Gasteiger partial charge in [-0.1, -0.05) is 31.9 Å². The van der Waals surface area contributed by atoms with Crippen molar-refractivity contribution in [3.8, 4) is 0 Å². The van der Waals surface area contributed by atoms with Gasteiger partial charge < -0.3 is 15.8 Å². The molecule has 0 radical (unpaired) electrons. The van der Waals surface area contributed by atoms with E-state index in [0.29, 0.717) is 30.7 Å². The van der Waals surface area contributed by atoms with Gasteiger partial charge in [0.1, 0.15) is 0 Å². The molecule has 0 aliphatic heterocycles. The Morgan fingerprint density at radius 1 is 1.35 bits per heavy atom. The van der Waals surface area contributed by atoms with Crippen molar-refractivity contribution in [2.75, 3.05) is 18.5 Å². The fourth-order valence-electron chi connectivity index (χ4n) is 2.78. The van der Waals surface area contributed by atoms with Gasteiger partial charge in [0.15, 0.2) is 0 Å². The van der Waals surface area contributed by atoms with Crippen LogP contribution in [0, 0.1) is 5.92 Å². The predicted molar refractivity (Wildman–Crippen MR) is 80.8 cm³/mol. The highest BCUT2D eigenvalue weighted by Crippen LogP contribution is 2.26. The van der Waals surface area contributed by atoms with Crippen molar-refractivity contribution >= 4 is 11.6 Å². The molecule has 2 unspecified atom stereocenters. The molecule has 4 heteroatoms. The van der Waals surface area contributed by atoms with E-state index in [4.69, 9.17) is 10.5 Å². The van der Waals surface area contributed by atoms with Crippen molar-refractivity contribution in [2.45, 2.75) is 38.7 Å². The lowest BCUT2D eigenvalue weighted by Gasteiger charge is -2.28. The third-order valence-corrected chi connectivity index (χ3v) is 3.97. The number of benzene rings is 1. The van der Waals surface area contributed by atoms with E-state index in [0.717, 1.165) is 5.69 Å². The first-order valence-electron chi connectivity index (χ1n) is 7.43. The molecule has 2 rings (SSSR count). The Labute approximate surface area is 120 Å². The number of ether oxygens (including phenoxy) is 1. The molecule has 1 fully saturated rings. The van der Waals surface area contributed by atoms with Crippen molar-refractivity contribution in [3.63, 3.8) is 0 Å². The number of hydrogen-bond acceptors (Lipinski definition) is 3. The number of nitrogens with one attached hydrogen (secondary N) is 1. The molecule has 0 spiro atoms. The van der Waals surface area contributed by atoms with Gasteiger partial charge in [0.05, 0.1) is 18.3 Å². The van der Waals surface area contributed by atoms with Gasteiger partial charge in [-0.3, -0.25) is 4.79 Å². The lowest BCUT2D eigenvalue weighted by atomic mass is 9.88. The maximum Gasteiger partial charge on any atom is 0.250 e. The van der Waals surface area contributed by atoms with E-state index in [1.807, 2.05) is 18.2 Å². The molecule has 0 bridgehead atoms. The van der Waals surface area contributed by atoms with E-state index < -0.39 is 5.91 Å². The summed E-state index contributed by atoms with van der Waals surface area (Å²) < 4.78 is 5.94. The first-order chi connectivity index (χ1) is 9.68. The SMILES string of the molecule is CC1CCCCC1OCCNc1ccccc1C(N)=O. The summed E-state index contributed by atoms with van der Waals surface area (Å²) in [4.78, 5) is 11.3. The Bertz CT molecular complexity index is 448. The van der Waals surface area contributed by atoms with Crippen LogP contribution in [0.2, 0.25) is 0 Å². The van der Waals surface area contributed by atoms with Crippen LogP contribution in [0.25, 0.3) is 0 Å². The summed E-state index contributed by atoms with van der Waals surface area (Å²) in [6.07, 6.45) is 5.41. The number of nitrogens with two attached hydrogens (primary N) is 1. The molecule has 110 valence electrons. The van der Waals surface area contributed by atoms with E-state index in [1.165, 1.54) is 25.7 Å². The molecule has 1 aliphatic carbocycles. The van der Waals surface area contributed by atoms with Crippen molar-refractivity contribution < 1.29 is 9.53 Å². The topological polar surface area (TPSA) is 64.3 Å². The minimum atomic E-state index is -0.407. The third kappa shape index (κ3) is 3.97. The van der Waals surface area contributed by atoms with E-state index in [-0.39, 0.29) is 0 Å². The molecule has 1 aliphatic rings. The average molecular weight is 276 g/mol. The Morgan fingerprint density at radius 2 is 2.10 bits per heavy atom. The third-order valence-electron chi connectivity index (χ3n) is 3.97. The lowest BCUT2D eigenvalue weighted by molar-refractivity contribution is 0.000387. The smallest absolute Gasteiger partial charge is 0.250 e. The average Bonchev–Trinajstić information content (AvgIpc) is 2.45. The summed E-state index contributed by atoms with van der Waals surface area (Å²) >= 11 is 0. The van der Waals surface area contributed by atoms with Crippen LogP contribution in [0.1, 0.15) is 43.0 Å².